The van der Waals surface area contributed by atoms with Gasteiger partial charge in [-0.05, 0) is 48.2 Å². The topological polar surface area (TPSA) is 77.2 Å². The van der Waals surface area contributed by atoms with Gasteiger partial charge >= 0.3 is 0 Å². The fraction of sp³-hybridized carbons (Fsp3) is 0.250. The van der Waals surface area contributed by atoms with Crippen molar-refractivity contribution in [3.05, 3.63) is 60.5 Å². The van der Waals surface area contributed by atoms with Gasteiger partial charge < -0.3 is 14.5 Å². The average Bonchev–Trinajstić information content (AvgIpc) is 3.21. The molecule has 0 aliphatic carbocycles. The predicted molar refractivity (Wildman–Crippen MR) is 99.0 cm³/mol. The van der Waals surface area contributed by atoms with E-state index in [-0.39, 0.29) is 12.5 Å². The molecule has 1 amide bonds. The van der Waals surface area contributed by atoms with Crippen LogP contribution in [-0.4, -0.2) is 22.7 Å². The Bertz CT molecular complexity index is 845. The van der Waals surface area contributed by atoms with Crippen molar-refractivity contribution in [2.75, 3.05) is 11.9 Å². The molecular weight excluding hydrogens is 330 g/mol. The minimum Gasteiger partial charge on any atom is -0.484 e. The van der Waals surface area contributed by atoms with Gasteiger partial charge in [0.2, 0.25) is 12.3 Å². The van der Waals surface area contributed by atoms with Gasteiger partial charge in [-0.25, -0.2) is 0 Å². The van der Waals surface area contributed by atoms with Gasteiger partial charge in [0.1, 0.15) is 5.75 Å². The number of carbonyl (C=O) groups is 1. The lowest BCUT2D eigenvalue weighted by Gasteiger charge is -2.15. The molecule has 0 saturated carbocycles. The lowest BCUT2D eigenvalue weighted by atomic mass is 9.97. The summed E-state index contributed by atoms with van der Waals surface area (Å²) in [6.45, 7) is 4.21. The molecule has 3 aromatic rings. The predicted octanol–water partition coefficient (Wildman–Crippen LogP) is 4.27. The summed E-state index contributed by atoms with van der Waals surface area (Å²) in [5.41, 5.74) is 2.76. The zero-order valence-electron chi connectivity index (χ0n) is 14.8. The maximum atomic E-state index is 12.2. The van der Waals surface area contributed by atoms with Gasteiger partial charge in [0.15, 0.2) is 6.61 Å². The first-order valence-corrected chi connectivity index (χ1v) is 8.55. The van der Waals surface area contributed by atoms with E-state index in [1.54, 1.807) is 24.3 Å². The van der Waals surface area contributed by atoms with E-state index in [1.807, 2.05) is 24.3 Å². The van der Waals surface area contributed by atoms with Crippen molar-refractivity contribution < 1.29 is 13.9 Å². The van der Waals surface area contributed by atoms with Crippen LogP contribution in [0.5, 0.6) is 5.75 Å². The number of nitrogens with one attached hydrogen (secondary N) is 1. The molecule has 0 saturated heterocycles. The highest BCUT2D eigenvalue weighted by atomic mass is 16.5. The van der Waals surface area contributed by atoms with E-state index in [0.717, 1.165) is 23.2 Å². The zero-order chi connectivity index (χ0) is 18.4. The summed E-state index contributed by atoms with van der Waals surface area (Å²) < 4.78 is 10.7. The number of hydrogen-bond acceptors (Lipinski definition) is 5. The van der Waals surface area contributed by atoms with E-state index in [9.17, 15) is 4.79 Å². The summed E-state index contributed by atoms with van der Waals surface area (Å²) in [5.74, 6) is 1.22. The van der Waals surface area contributed by atoms with Gasteiger partial charge in [0, 0.05) is 11.3 Å². The lowest BCUT2D eigenvalue weighted by Crippen LogP contribution is -2.21. The molecule has 2 aromatic carbocycles. The number of hydrogen-bond donors (Lipinski definition) is 1. The van der Waals surface area contributed by atoms with Crippen molar-refractivity contribution in [1.82, 2.24) is 10.2 Å². The number of benzene rings is 2. The smallest absolute Gasteiger partial charge is 0.262 e. The average molecular weight is 351 g/mol. The Kier molecular flexibility index (Phi) is 5.63. The summed E-state index contributed by atoms with van der Waals surface area (Å²) in [5, 5.41) is 10.4. The van der Waals surface area contributed by atoms with Crippen LogP contribution in [0.2, 0.25) is 0 Å². The largest absolute Gasteiger partial charge is 0.484 e. The standard InChI is InChI=1S/C20H21N3O3/c1-3-14(2)17-6-4-5-7-18(17)22-19(24)12-25-16-10-8-15(9-11-16)20-23-21-13-26-20/h4-11,13-14H,3,12H2,1-2H3,(H,22,24)/t14-/m1/s1. The Labute approximate surface area is 152 Å². The highest BCUT2D eigenvalue weighted by molar-refractivity contribution is 5.92. The van der Waals surface area contributed by atoms with Crippen molar-refractivity contribution in [2.45, 2.75) is 26.2 Å². The van der Waals surface area contributed by atoms with Gasteiger partial charge in [-0.1, -0.05) is 32.0 Å². The summed E-state index contributed by atoms with van der Waals surface area (Å²) in [4.78, 5) is 12.2. The van der Waals surface area contributed by atoms with Gasteiger partial charge in [-0.15, -0.1) is 10.2 Å². The molecule has 6 nitrogen and oxygen atoms in total. The number of rotatable bonds is 7. The molecule has 134 valence electrons. The highest BCUT2D eigenvalue weighted by Crippen LogP contribution is 2.26. The molecule has 0 spiro atoms. The lowest BCUT2D eigenvalue weighted by molar-refractivity contribution is -0.118. The molecule has 6 heteroatoms. The quantitative estimate of drug-likeness (QED) is 0.688. The van der Waals surface area contributed by atoms with E-state index in [1.165, 1.54) is 6.39 Å². The molecule has 3 rings (SSSR count). The van der Waals surface area contributed by atoms with Crippen LogP contribution in [0.3, 0.4) is 0 Å². The van der Waals surface area contributed by atoms with Crippen LogP contribution in [0, 0.1) is 0 Å². The number of anilines is 1. The molecule has 1 aromatic heterocycles. The maximum absolute atomic E-state index is 12.2. The second-order valence-electron chi connectivity index (χ2n) is 6.00. The summed E-state index contributed by atoms with van der Waals surface area (Å²) in [6, 6.07) is 15.0. The fourth-order valence-corrected chi connectivity index (χ4v) is 2.59. The number of carbonyl (C=O) groups excluding carboxylic acids is 1. The molecule has 0 fully saturated rings. The third-order valence-electron chi connectivity index (χ3n) is 4.21. The Balaban J connectivity index is 1.58. The Morgan fingerprint density at radius 3 is 2.65 bits per heavy atom. The maximum Gasteiger partial charge on any atom is 0.262 e. The van der Waals surface area contributed by atoms with Crippen LogP contribution in [-0.2, 0) is 4.79 Å². The minimum absolute atomic E-state index is 0.0608. The second kappa shape index (κ2) is 8.29. The molecule has 26 heavy (non-hydrogen) atoms. The SMILES string of the molecule is CC[C@@H](C)c1ccccc1NC(=O)COc1ccc(-c2nnco2)cc1. The zero-order valence-corrected chi connectivity index (χ0v) is 14.8. The van der Waals surface area contributed by atoms with E-state index >= 15 is 0 Å². The van der Waals surface area contributed by atoms with Gasteiger partial charge in [-0.2, -0.15) is 0 Å². The van der Waals surface area contributed by atoms with Gasteiger partial charge in [0.25, 0.3) is 5.91 Å². The third kappa shape index (κ3) is 4.27. The second-order valence-corrected chi connectivity index (χ2v) is 6.00. The van der Waals surface area contributed by atoms with Gasteiger partial charge in [-0.3, -0.25) is 4.79 Å². The van der Waals surface area contributed by atoms with Crippen molar-refractivity contribution >= 4 is 11.6 Å². The number of ether oxygens (including phenoxy) is 1. The van der Waals surface area contributed by atoms with E-state index < -0.39 is 0 Å². The van der Waals surface area contributed by atoms with Crippen molar-refractivity contribution in [1.29, 1.82) is 0 Å². The Hall–Kier alpha value is -3.15. The summed E-state index contributed by atoms with van der Waals surface area (Å²) >= 11 is 0. The molecule has 0 aliphatic rings. The minimum atomic E-state index is -0.193. The van der Waals surface area contributed by atoms with E-state index in [2.05, 4.69) is 29.4 Å². The van der Waals surface area contributed by atoms with Crippen LogP contribution < -0.4 is 10.1 Å². The fourth-order valence-electron chi connectivity index (χ4n) is 2.59. The summed E-state index contributed by atoms with van der Waals surface area (Å²) in [6.07, 6.45) is 2.29. The first kappa shape index (κ1) is 17.7. The van der Waals surface area contributed by atoms with Crippen molar-refractivity contribution in [3.63, 3.8) is 0 Å². The van der Waals surface area contributed by atoms with Crippen molar-refractivity contribution in [3.8, 4) is 17.2 Å². The van der Waals surface area contributed by atoms with Gasteiger partial charge in [0.05, 0.1) is 0 Å². The summed E-state index contributed by atoms with van der Waals surface area (Å²) in [7, 11) is 0. The Morgan fingerprint density at radius 1 is 1.19 bits per heavy atom. The van der Waals surface area contributed by atoms with Crippen LogP contribution in [0.15, 0.2) is 59.3 Å². The number of aromatic nitrogens is 2. The van der Waals surface area contributed by atoms with E-state index in [4.69, 9.17) is 9.15 Å². The number of nitrogens with zero attached hydrogens (tertiary/aromatic N) is 2. The molecule has 0 bridgehead atoms. The molecular formula is C20H21N3O3. The van der Waals surface area contributed by atoms with Crippen LogP contribution in [0.25, 0.3) is 11.5 Å². The number of para-hydroxylation sites is 1. The first-order chi connectivity index (χ1) is 12.7. The Morgan fingerprint density at radius 2 is 1.96 bits per heavy atom. The molecule has 0 radical (unpaired) electrons. The van der Waals surface area contributed by atoms with Crippen LogP contribution in [0.4, 0.5) is 5.69 Å². The molecule has 0 aliphatic heterocycles. The molecule has 1 atom stereocenters. The van der Waals surface area contributed by atoms with Crippen LogP contribution >= 0.6 is 0 Å². The normalized spacial score (nSPS) is 11.8. The monoisotopic (exact) mass is 351 g/mol. The van der Waals surface area contributed by atoms with Crippen LogP contribution in [0.1, 0.15) is 31.7 Å². The first-order valence-electron chi connectivity index (χ1n) is 8.55. The highest BCUT2D eigenvalue weighted by Gasteiger charge is 2.11. The third-order valence-corrected chi connectivity index (χ3v) is 4.21. The van der Waals surface area contributed by atoms with E-state index in [0.29, 0.717) is 17.6 Å². The molecule has 1 N–H and O–H groups in total. The number of amides is 1. The van der Waals surface area contributed by atoms with Crippen molar-refractivity contribution in [2.24, 2.45) is 0 Å². The molecule has 0 unspecified atom stereocenters. The molecule has 1 heterocycles.